The summed E-state index contributed by atoms with van der Waals surface area (Å²) in [5.74, 6) is 1.38. The van der Waals surface area contributed by atoms with E-state index in [4.69, 9.17) is 14.5 Å². The number of halogens is 1. The summed E-state index contributed by atoms with van der Waals surface area (Å²) in [4.78, 5) is 20.4. The molecular formula is C25H27FN4O2. The van der Waals surface area contributed by atoms with Gasteiger partial charge in [-0.2, -0.15) is 4.98 Å². The minimum absolute atomic E-state index is 0.0946. The molecule has 0 N–H and O–H groups in total. The highest BCUT2D eigenvalue weighted by Crippen LogP contribution is 2.53. The molecule has 3 heterocycles. The molecule has 1 aromatic carbocycles. The van der Waals surface area contributed by atoms with Crippen LogP contribution in [0.3, 0.4) is 0 Å². The number of furan rings is 1. The second-order valence-corrected chi connectivity index (χ2v) is 9.43. The number of rotatable bonds is 2. The summed E-state index contributed by atoms with van der Waals surface area (Å²) in [5.41, 5.74) is 0.650. The summed E-state index contributed by atoms with van der Waals surface area (Å²) in [6.45, 7) is 0. The maximum atomic E-state index is 13.6. The summed E-state index contributed by atoms with van der Waals surface area (Å²) in [6, 6.07) is 9.82. The van der Waals surface area contributed by atoms with Crippen molar-refractivity contribution < 1.29 is 13.6 Å². The van der Waals surface area contributed by atoms with E-state index in [1.54, 1.807) is 24.3 Å². The second-order valence-electron chi connectivity index (χ2n) is 9.43. The predicted molar refractivity (Wildman–Crippen MR) is 118 cm³/mol. The first-order chi connectivity index (χ1) is 15.7. The molecule has 0 saturated heterocycles. The van der Waals surface area contributed by atoms with Crippen molar-refractivity contribution in [2.24, 2.45) is 5.92 Å². The predicted octanol–water partition coefficient (Wildman–Crippen LogP) is 5.56. The van der Waals surface area contributed by atoms with Gasteiger partial charge in [-0.25, -0.2) is 9.07 Å². The van der Waals surface area contributed by atoms with E-state index >= 15 is 0 Å². The van der Waals surface area contributed by atoms with Crippen LogP contribution in [0.1, 0.15) is 68.3 Å². The van der Waals surface area contributed by atoms with Crippen molar-refractivity contribution in [3.63, 3.8) is 0 Å². The van der Waals surface area contributed by atoms with Crippen LogP contribution in [0.25, 0.3) is 11.4 Å². The highest BCUT2D eigenvalue weighted by molar-refractivity contribution is 6.04. The number of fused-ring (bicyclic) bond motifs is 4. The molecule has 6 nitrogen and oxygen atoms in total. The van der Waals surface area contributed by atoms with Crippen LogP contribution < -0.4 is 4.90 Å². The van der Waals surface area contributed by atoms with E-state index in [0.29, 0.717) is 23.5 Å². The van der Waals surface area contributed by atoms with Gasteiger partial charge in [0, 0.05) is 17.5 Å². The number of hydrogen-bond acceptors (Lipinski definition) is 4. The fourth-order valence-corrected chi connectivity index (χ4v) is 6.34. The Morgan fingerprint density at radius 1 is 1.03 bits per heavy atom. The van der Waals surface area contributed by atoms with Crippen LogP contribution in [0.2, 0.25) is 0 Å². The SMILES string of the molecule is O=C(c1ccco1)N1c2nc(-c3ccc(F)cc3)nn2C2(CCCCC2)[C@@H]2CCCC[C@@H]21. The number of carbonyl (C=O) groups excluding carboxylic acids is 1. The van der Waals surface area contributed by atoms with Crippen molar-refractivity contribution in [1.29, 1.82) is 0 Å². The third-order valence-corrected chi connectivity index (χ3v) is 7.75. The van der Waals surface area contributed by atoms with E-state index < -0.39 is 0 Å². The van der Waals surface area contributed by atoms with Crippen LogP contribution >= 0.6 is 0 Å². The van der Waals surface area contributed by atoms with E-state index in [9.17, 15) is 9.18 Å². The number of aromatic nitrogens is 3. The number of hydrogen-bond donors (Lipinski definition) is 0. The summed E-state index contributed by atoms with van der Waals surface area (Å²) < 4.78 is 21.1. The van der Waals surface area contributed by atoms with Gasteiger partial charge in [-0.15, -0.1) is 5.10 Å². The molecule has 1 aliphatic heterocycles. The highest BCUT2D eigenvalue weighted by atomic mass is 19.1. The molecule has 7 heteroatoms. The minimum atomic E-state index is -0.290. The fourth-order valence-electron chi connectivity index (χ4n) is 6.34. The zero-order valence-electron chi connectivity index (χ0n) is 18.0. The van der Waals surface area contributed by atoms with E-state index in [2.05, 4.69) is 4.68 Å². The molecule has 2 fully saturated rings. The molecule has 2 saturated carbocycles. The number of amides is 1. The summed E-state index contributed by atoms with van der Waals surface area (Å²) in [7, 11) is 0. The van der Waals surface area contributed by atoms with Crippen LogP contribution in [-0.2, 0) is 5.54 Å². The van der Waals surface area contributed by atoms with Crippen LogP contribution in [0.15, 0.2) is 47.1 Å². The molecule has 0 bridgehead atoms. The van der Waals surface area contributed by atoms with Crippen molar-refractivity contribution in [1.82, 2.24) is 14.8 Å². The first-order valence-electron chi connectivity index (χ1n) is 11.8. The number of carbonyl (C=O) groups is 1. The summed E-state index contributed by atoms with van der Waals surface area (Å²) in [6.07, 6.45) is 11.6. The van der Waals surface area contributed by atoms with Crippen LogP contribution in [0.5, 0.6) is 0 Å². The molecular weight excluding hydrogens is 407 g/mol. The highest BCUT2D eigenvalue weighted by Gasteiger charge is 2.55. The minimum Gasteiger partial charge on any atom is -0.459 e. The van der Waals surface area contributed by atoms with Gasteiger partial charge in [0.15, 0.2) is 11.6 Å². The van der Waals surface area contributed by atoms with Gasteiger partial charge in [0.25, 0.3) is 5.91 Å². The topological polar surface area (TPSA) is 64.2 Å². The van der Waals surface area contributed by atoms with Gasteiger partial charge in [0.05, 0.1) is 11.8 Å². The third-order valence-electron chi connectivity index (χ3n) is 7.75. The summed E-state index contributed by atoms with van der Waals surface area (Å²) in [5, 5.41) is 4.99. The average Bonchev–Trinajstić information content (AvgIpc) is 3.52. The fraction of sp³-hybridized carbons (Fsp3) is 0.480. The Bertz CT molecular complexity index is 1120. The lowest BCUT2D eigenvalue weighted by atomic mass is 9.64. The normalized spacial score (nSPS) is 24.2. The van der Waals surface area contributed by atoms with Crippen LogP contribution in [0, 0.1) is 11.7 Å². The first kappa shape index (κ1) is 19.7. The standard InChI is InChI=1S/C25H27FN4O2/c26-18-12-10-17(11-13-18)22-27-24-29(23(31)21-9-6-16-32-21)20-8-3-2-7-19(20)25(30(24)28-22)14-4-1-5-15-25/h6,9-13,16,19-20H,1-5,7-8,14-15H2/t19-,20+/m1/s1. The Kier molecular flexibility index (Phi) is 4.66. The Labute approximate surface area is 186 Å². The summed E-state index contributed by atoms with van der Waals surface area (Å²) >= 11 is 0. The zero-order chi connectivity index (χ0) is 21.7. The second kappa shape index (κ2) is 7.57. The van der Waals surface area contributed by atoms with Gasteiger partial charge in [-0.1, -0.05) is 32.1 Å². The Morgan fingerprint density at radius 3 is 2.56 bits per heavy atom. The van der Waals surface area contributed by atoms with Crippen LogP contribution in [0.4, 0.5) is 10.3 Å². The van der Waals surface area contributed by atoms with Gasteiger partial charge >= 0.3 is 0 Å². The molecule has 0 radical (unpaired) electrons. The molecule has 0 unspecified atom stereocenters. The van der Waals surface area contributed by atoms with Crippen molar-refractivity contribution in [2.75, 3.05) is 4.90 Å². The molecule has 6 rings (SSSR count). The van der Waals surface area contributed by atoms with Gasteiger partial charge in [-0.05, 0) is 62.1 Å². The average molecular weight is 435 g/mol. The van der Waals surface area contributed by atoms with Gasteiger partial charge in [0.1, 0.15) is 5.82 Å². The van der Waals surface area contributed by atoms with Gasteiger partial charge in [0.2, 0.25) is 5.95 Å². The molecule has 1 spiro atoms. The molecule has 166 valence electrons. The molecule has 1 amide bonds. The largest absolute Gasteiger partial charge is 0.459 e. The van der Waals surface area contributed by atoms with Crippen molar-refractivity contribution in [3.05, 3.63) is 54.2 Å². The van der Waals surface area contributed by atoms with E-state index in [-0.39, 0.29) is 23.3 Å². The van der Waals surface area contributed by atoms with Gasteiger partial charge in [-0.3, -0.25) is 9.69 Å². The van der Waals surface area contributed by atoms with Crippen molar-refractivity contribution in [2.45, 2.75) is 69.4 Å². The Morgan fingerprint density at radius 2 is 1.81 bits per heavy atom. The van der Waals surface area contributed by atoms with E-state index in [0.717, 1.165) is 37.7 Å². The first-order valence-corrected chi connectivity index (χ1v) is 11.8. The molecule has 2 atom stereocenters. The lowest BCUT2D eigenvalue weighted by Crippen LogP contribution is -2.61. The van der Waals surface area contributed by atoms with E-state index in [1.807, 2.05) is 4.90 Å². The van der Waals surface area contributed by atoms with Crippen molar-refractivity contribution in [3.8, 4) is 11.4 Å². The third kappa shape index (κ3) is 2.93. The number of benzene rings is 1. The Hall–Kier alpha value is -2.96. The van der Waals surface area contributed by atoms with Crippen molar-refractivity contribution >= 4 is 11.9 Å². The number of anilines is 1. The Balaban J connectivity index is 1.54. The monoisotopic (exact) mass is 434 g/mol. The van der Waals surface area contributed by atoms with Gasteiger partial charge < -0.3 is 4.42 Å². The zero-order valence-corrected chi connectivity index (χ0v) is 18.0. The number of nitrogens with zero attached hydrogens (tertiary/aromatic N) is 4. The van der Waals surface area contributed by atoms with E-state index in [1.165, 1.54) is 44.1 Å². The molecule has 2 aliphatic carbocycles. The molecule has 3 aromatic rings. The maximum Gasteiger partial charge on any atom is 0.296 e. The quantitative estimate of drug-likeness (QED) is 0.530. The van der Waals surface area contributed by atoms with Crippen LogP contribution in [-0.4, -0.2) is 26.7 Å². The maximum absolute atomic E-state index is 13.6. The lowest BCUT2D eigenvalue weighted by molar-refractivity contribution is 0.0309. The molecule has 3 aliphatic rings. The smallest absolute Gasteiger partial charge is 0.296 e. The molecule has 32 heavy (non-hydrogen) atoms. The lowest BCUT2D eigenvalue weighted by Gasteiger charge is -2.55. The molecule has 2 aromatic heterocycles.